The number of tetrazole rings is 1. The van der Waals surface area contributed by atoms with Crippen LogP contribution in [-0.4, -0.2) is 55.3 Å². The van der Waals surface area contributed by atoms with E-state index in [1.807, 2.05) is 16.8 Å². The molecule has 1 aliphatic rings. The highest BCUT2D eigenvalue weighted by atomic mass is 32.1. The number of hydrogen-bond acceptors (Lipinski definition) is 6. The first kappa shape index (κ1) is 13.2. The molecule has 7 nitrogen and oxygen atoms in total. The van der Waals surface area contributed by atoms with Gasteiger partial charge < -0.3 is 10.0 Å². The average Bonchev–Trinajstić information content (AvgIpc) is 3.09. The third kappa shape index (κ3) is 2.86. The topological polar surface area (TPSA) is 84.1 Å². The molecule has 0 spiro atoms. The van der Waals surface area contributed by atoms with Crippen molar-refractivity contribution in [1.29, 1.82) is 0 Å². The number of thiophene rings is 1. The molecule has 0 aromatic carbocycles. The van der Waals surface area contributed by atoms with Crippen molar-refractivity contribution in [2.45, 2.75) is 25.5 Å². The SMILES string of the molecule is O=C(Cn1nnc(-c2ccsc2)n1)N1CCC(O)CC1. The number of aliphatic hydroxyl groups is 1. The summed E-state index contributed by atoms with van der Waals surface area (Å²) in [5, 5.41) is 25.4. The molecular weight excluding hydrogens is 278 g/mol. The molecule has 0 unspecified atom stereocenters. The van der Waals surface area contributed by atoms with E-state index in [1.165, 1.54) is 4.80 Å². The van der Waals surface area contributed by atoms with Gasteiger partial charge >= 0.3 is 0 Å². The van der Waals surface area contributed by atoms with Crippen LogP contribution in [0.1, 0.15) is 12.8 Å². The van der Waals surface area contributed by atoms with Crippen molar-refractivity contribution in [3.05, 3.63) is 16.8 Å². The molecule has 1 fully saturated rings. The molecule has 1 aliphatic heterocycles. The van der Waals surface area contributed by atoms with Gasteiger partial charge in [-0.2, -0.15) is 16.1 Å². The normalized spacial score (nSPS) is 16.6. The van der Waals surface area contributed by atoms with Crippen LogP contribution < -0.4 is 0 Å². The smallest absolute Gasteiger partial charge is 0.246 e. The Hall–Kier alpha value is -1.80. The summed E-state index contributed by atoms with van der Waals surface area (Å²) in [4.78, 5) is 15.1. The fraction of sp³-hybridized carbons (Fsp3) is 0.500. The van der Waals surface area contributed by atoms with Crippen molar-refractivity contribution in [2.24, 2.45) is 0 Å². The van der Waals surface area contributed by atoms with E-state index in [0.717, 1.165) is 5.56 Å². The lowest BCUT2D eigenvalue weighted by molar-refractivity contribution is -0.134. The summed E-state index contributed by atoms with van der Waals surface area (Å²) >= 11 is 1.56. The van der Waals surface area contributed by atoms with Gasteiger partial charge in [0.25, 0.3) is 0 Å². The molecule has 1 saturated heterocycles. The van der Waals surface area contributed by atoms with Crippen LogP contribution in [0.3, 0.4) is 0 Å². The molecule has 0 bridgehead atoms. The van der Waals surface area contributed by atoms with Gasteiger partial charge in [0.05, 0.1) is 6.10 Å². The maximum Gasteiger partial charge on any atom is 0.246 e. The molecule has 106 valence electrons. The predicted octanol–water partition coefficient (Wildman–Crippen LogP) is 0.385. The molecule has 3 rings (SSSR count). The standard InChI is InChI=1S/C12H15N5O2S/c18-10-1-4-16(5-2-10)11(19)7-17-14-12(13-15-17)9-3-6-20-8-9/h3,6,8,10,18H,1-2,4-5,7H2. The Morgan fingerprint density at radius 1 is 1.45 bits per heavy atom. The fourth-order valence-corrected chi connectivity index (χ4v) is 2.79. The van der Waals surface area contributed by atoms with Gasteiger partial charge in [0.15, 0.2) is 0 Å². The minimum atomic E-state index is -0.284. The summed E-state index contributed by atoms with van der Waals surface area (Å²) < 4.78 is 0. The lowest BCUT2D eigenvalue weighted by Gasteiger charge is -2.29. The summed E-state index contributed by atoms with van der Waals surface area (Å²) in [5.74, 6) is 0.499. The van der Waals surface area contributed by atoms with Crippen LogP contribution in [0.25, 0.3) is 11.4 Å². The highest BCUT2D eigenvalue weighted by Crippen LogP contribution is 2.16. The van der Waals surface area contributed by atoms with Crippen LogP contribution >= 0.6 is 11.3 Å². The number of hydrogen-bond donors (Lipinski definition) is 1. The van der Waals surface area contributed by atoms with Gasteiger partial charge in [0, 0.05) is 24.0 Å². The second-order valence-electron chi connectivity index (χ2n) is 4.77. The summed E-state index contributed by atoms with van der Waals surface area (Å²) in [7, 11) is 0. The Labute approximate surface area is 119 Å². The number of piperidine rings is 1. The van der Waals surface area contributed by atoms with E-state index in [4.69, 9.17) is 0 Å². The van der Waals surface area contributed by atoms with E-state index in [2.05, 4.69) is 15.4 Å². The zero-order valence-electron chi connectivity index (χ0n) is 10.8. The molecule has 8 heteroatoms. The zero-order chi connectivity index (χ0) is 13.9. The molecule has 1 N–H and O–H groups in total. The molecule has 2 aromatic rings. The van der Waals surface area contributed by atoms with Crippen molar-refractivity contribution in [2.75, 3.05) is 13.1 Å². The molecule has 1 amide bonds. The van der Waals surface area contributed by atoms with E-state index in [0.29, 0.717) is 31.8 Å². The number of carbonyl (C=O) groups excluding carboxylic acids is 1. The molecule has 20 heavy (non-hydrogen) atoms. The maximum absolute atomic E-state index is 12.1. The van der Waals surface area contributed by atoms with Crippen LogP contribution in [-0.2, 0) is 11.3 Å². The van der Waals surface area contributed by atoms with Crippen molar-refractivity contribution in [3.63, 3.8) is 0 Å². The zero-order valence-corrected chi connectivity index (χ0v) is 11.7. The van der Waals surface area contributed by atoms with E-state index >= 15 is 0 Å². The van der Waals surface area contributed by atoms with Gasteiger partial charge in [-0.1, -0.05) is 0 Å². The van der Waals surface area contributed by atoms with Gasteiger partial charge in [-0.15, -0.1) is 10.2 Å². The lowest BCUT2D eigenvalue weighted by Crippen LogP contribution is -2.41. The first-order chi connectivity index (χ1) is 9.72. The summed E-state index contributed by atoms with van der Waals surface area (Å²) in [6, 6.07) is 1.92. The molecule has 0 atom stereocenters. The third-order valence-electron chi connectivity index (χ3n) is 3.33. The molecule has 3 heterocycles. The van der Waals surface area contributed by atoms with Crippen molar-refractivity contribution >= 4 is 17.2 Å². The highest BCUT2D eigenvalue weighted by Gasteiger charge is 2.22. The summed E-state index contributed by atoms with van der Waals surface area (Å²) in [5.41, 5.74) is 0.912. The monoisotopic (exact) mass is 293 g/mol. The van der Waals surface area contributed by atoms with Crippen LogP contribution in [0, 0.1) is 0 Å². The van der Waals surface area contributed by atoms with E-state index in [1.54, 1.807) is 16.2 Å². The Morgan fingerprint density at radius 3 is 2.95 bits per heavy atom. The molecule has 0 radical (unpaired) electrons. The van der Waals surface area contributed by atoms with Crippen LogP contribution in [0.5, 0.6) is 0 Å². The number of aliphatic hydroxyl groups excluding tert-OH is 1. The molecular formula is C12H15N5O2S. The van der Waals surface area contributed by atoms with Gasteiger partial charge in [-0.05, 0) is 29.5 Å². The van der Waals surface area contributed by atoms with Crippen molar-refractivity contribution < 1.29 is 9.90 Å². The lowest BCUT2D eigenvalue weighted by atomic mass is 10.1. The third-order valence-corrected chi connectivity index (χ3v) is 4.01. The van der Waals surface area contributed by atoms with Crippen LogP contribution in [0.2, 0.25) is 0 Å². The minimum Gasteiger partial charge on any atom is -0.393 e. The van der Waals surface area contributed by atoms with Gasteiger partial charge in [0.1, 0.15) is 6.54 Å². The highest BCUT2D eigenvalue weighted by molar-refractivity contribution is 7.08. The van der Waals surface area contributed by atoms with Gasteiger partial charge in [-0.3, -0.25) is 4.79 Å². The number of nitrogens with zero attached hydrogens (tertiary/aromatic N) is 5. The molecule has 2 aromatic heterocycles. The largest absolute Gasteiger partial charge is 0.393 e. The maximum atomic E-state index is 12.1. The second kappa shape index (κ2) is 5.68. The quantitative estimate of drug-likeness (QED) is 0.884. The number of rotatable bonds is 3. The number of carbonyl (C=O) groups is 1. The van der Waals surface area contributed by atoms with Crippen molar-refractivity contribution in [1.82, 2.24) is 25.1 Å². The van der Waals surface area contributed by atoms with Crippen LogP contribution in [0.4, 0.5) is 0 Å². The minimum absolute atomic E-state index is 0.0360. The van der Waals surface area contributed by atoms with E-state index in [-0.39, 0.29) is 18.6 Å². The number of aromatic nitrogens is 4. The number of likely N-dealkylation sites (tertiary alicyclic amines) is 1. The average molecular weight is 293 g/mol. The second-order valence-corrected chi connectivity index (χ2v) is 5.55. The van der Waals surface area contributed by atoms with Gasteiger partial charge in [-0.25, -0.2) is 0 Å². The predicted molar refractivity (Wildman–Crippen MR) is 73.0 cm³/mol. The molecule has 0 saturated carbocycles. The molecule has 0 aliphatic carbocycles. The first-order valence-electron chi connectivity index (χ1n) is 6.48. The Bertz CT molecular complexity index is 574. The Morgan fingerprint density at radius 2 is 2.25 bits per heavy atom. The van der Waals surface area contributed by atoms with E-state index in [9.17, 15) is 9.90 Å². The fourth-order valence-electron chi connectivity index (χ4n) is 2.15. The summed E-state index contributed by atoms with van der Waals surface area (Å²) in [6.07, 6.45) is 0.988. The first-order valence-corrected chi connectivity index (χ1v) is 7.43. The Balaban J connectivity index is 1.62. The van der Waals surface area contributed by atoms with E-state index < -0.39 is 0 Å². The van der Waals surface area contributed by atoms with Crippen LogP contribution in [0.15, 0.2) is 16.8 Å². The van der Waals surface area contributed by atoms with Crippen molar-refractivity contribution in [3.8, 4) is 11.4 Å². The van der Waals surface area contributed by atoms with Gasteiger partial charge in [0.2, 0.25) is 11.7 Å². The number of amides is 1. The summed E-state index contributed by atoms with van der Waals surface area (Å²) in [6.45, 7) is 1.27. The Kier molecular flexibility index (Phi) is 3.75.